The zero-order valence-electron chi connectivity index (χ0n) is 17.7. The summed E-state index contributed by atoms with van der Waals surface area (Å²) in [5, 5.41) is 3.10. The SMILES string of the molecule is COc1ccc([C@@H](CC(C)C)NC(=O)CCCN2C(=O)c3ccccc3C2=O)cc1. The lowest BCUT2D eigenvalue weighted by Crippen LogP contribution is -2.33. The van der Waals surface area contributed by atoms with E-state index in [1.165, 1.54) is 4.90 Å². The van der Waals surface area contributed by atoms with Gasteiger partial charge in [0, 0.05) is 13.0 Å². The van der Waals surface area contributed by atoms with Crippen LogP contribution in [0.25, 0.3) is 0 Å². The first-order chi connectivity index (χ1) is 14.4. The van der Waals surface area contributed by atoms with E-state index < -0.39 is 0 Å². The summed E-state index contributed by atoms with van der Waals surface area (Å²) in [5.41, 5.74) is 1.89. The number of nitrogens with one attached hydrogen (secondary N) is 1. The molecule has 1 atom stereocenters. The van der Waals surface area contributed by atoms with Crippen LogP contribution in [-0.2, 0) is 4.79 Å². The zero-order chi connectivity index (χ0) is 21.7. The van der Waals surface area contributed by atoms with Gasteiger partial charge in [0.15, 0.2) is 0 Å². The zero-order valence-corrected chi connectivity index (χ0v) is 17.7. The van der Waals surface area contributed by atoms with Crippen molar-refractivity contribution in [3.05, 3.63) is 65.2 Å². The van der Waals surface area contributed by atoms with Gasteiger partial charge in [0.2, 0.25) is 5.91 Å². The smallest absolute Gasteiger partial charge is 0.261 e. The van der Waals surface area contributed by atoms with Crippen LogP contribution < -0.4 is 10.1 Å². The average Bonchev–Trinajstić information content (AvgIpc) is 2.98. The molecular weight excluding hydrogens is 380 g/mol. The first-order valence-electron chi connectivity index (χ1n) is 10.3. The number of rotatable bonds is 9. The number of benzene rings is 2. The van der Waals surface area contributed by atoms with Crippen molar-refractivity contribution in [1.29, 1.82) is 0 Å². The Kier molecular flexibility index (Phi) is 6.87. The van der Waals surface area contributed by atoms with E-state index in [0.717, 1.165) is 17.7 Å². The van der Waals surface area contributed by atoms with Crippen molar-refractivity contribution in [3.63, 3.8) is 0 Å². The summed E-state index contributed by atoms with van der Waals surface area (Å²) in [4.78, 5) is 38.6. The number of carbonyl (C=O) groups is 3. The summed E-state index contributed by atoms with van der Waals surface area (Å²) in [5.74, 6) is 0.525. The molecule has 6 heteroatoms. The lowest BCUT2D eigenvalue weighted by molar-refractivity contribution is -0.122. The Bertz CT molecular complexity index is 886. The van der Waals surface area contributed by atoms with E-state index in [-0.39, 0.29) is 36.7 Å². The standard InChI is InChI=1S/C24H28N2O4/c1-16(2)15-21(17-10-12-18(30-3)13-11-17)25-22(27)9-6-14-26-23(28)19-7-4-5-8-20(19)24(26)29/h4-5,7-8,10-13,16,21H,6,9,14-15H2,1-3H3,(H,25,27)/t21-/m1/s1. The second kappa shape index (κ2) is 9.57. The molecule has 30 heavy (non-hydrogen) atoms. The van der Waals surface area contributed by atoms with E-state index in [1.807, 2.05) is 24.3 Å². The fourth-order valence-electron chi connectivity index (χ4n) is 3.69. The molecule has 0 aromatic heterocycles. The number of hydrogen-bond acceptors (Lipinski definition) is 4. The summed E-state index contributed by atoms with van der Waals surface area (Å²) < 4.78 is 5.21. The summed E-state index contributed by atoms with van der Waals surface area (Å²) in [6, 6.07) is 14.4. The molecule has 0 fully saturated rings. The highest BCUT2D eigenvalue weighted by Gasteiger charge is 2.34. The summed E-state index contributed by atoms with van der Waals surface area (Å²) in [6.07, 6.45) is 1.49. The molecule has 3 rings (SSSR count). The van der Waals surface area contributed by atoms with Crippen LogP contribution in [0.5, 0.6) is 5.75 Å². The van der Waals surface area contributed by atoms with Gasteiger partial charge in [-0.05, 0) is 48.6 Å². The van der Waals surface area contributed by atoms with Gasteiger partial charge in [0.25, 0.3) is 11.8 Å². The molecule has 2 aromatic carbocycles. The maximum absolute atomic E-state index is 12.6. The van der Waals surface area contributed by atoms with Gasteiger partial charge >= 0.3 is 0 Å². The second-order valence-corrected chi connectivity index (χ2v) is 7.93. The van der Waals surface area contributed by atoms with Gasteiger partial charge < -0.3 is 10.1 Å². The molecule has 0 saturated carbocycles. The van der Waals surface area contributed by atoms with Crippen LogP contribution in [0.3, 0.4) is 0 Å². The lowest BCUT2D eigenvalue weighted by atomic mass is 9.96. The summed E-state index contributed by atoms with van der Waals surface area (Å²) >= 11 is 0. The molecule has 1 N–H and O–H groups in total. The molecule has 0 radical (unpaired) electrons. The first-order valence-corrected chi connectivity index (χ1v) is 10.3. The fraction of sp³-hybridized carbons (Fsp3) is 0.375. The van der Waals surface area contributed by atoms with E-state index >= 15 is 0 Å². The van der Waals surface area contributed by atoms with E-state index in [1.54, 1.807) is 31.4 Å². The van der Waals surface area contributed by atoms with Gasteiger partial charge in [-0.3, -0.25) is 19.3 Å². The van der Waals surface area contributed by atoms with Crippen molar-refractivity contribution in [2.45, 2.75) is 39.2 Å². The van der Waals surface area contributed by atoms with Gasteiger partial charge in [-0.1, -0.05) is 38.1 Å². The Morgan fingerprint density at radius 3 is 2.13 bits per heavy atom. The predicted molar refractivity (Wildman–Crippen MR) is 114 cm³/mol. The Morgan fingerprint density at radius 2 is 1.60 bits per heavy atom. The van der Waals surface area contributed by atoms with Crippen LogP contribution in [0.1, 0.15) is 65.4 Å². The van der Waals surface area contributed by atoms with Crippen LogP contribution in [0.2, 0.25) is 0 Å². The van der Waals surface area contributed by atoms with Crippen molar-refractivity contribution in [1.82, 2.24) is 10.2 Å². The van der Waals surface area contributed by atoms with Crippen molar-refractivity contribution in [3.8, 4) is 5.75 Å². The first kappa shape index (κ1) is 21.6. The third kappa shape index (κ3) is 4.87. The Hall–Kier alpha value is -3.15. The maximum atomic E-state index is 12.6. The Labute approximate surface area is 177 Å². The monoisotopic (exact) mass is 408 g/mol. The third-order valence-electron chi connectivity index (χ3n) is 5.22. The second-order valence-electron chi connectivity index (χ2n) is 7.93. The average molecular weight is 408 g/mol. The maximum Gasteiger partial charge on any atom is 0.261 e. The van der Waals surface area contributed by atoms with Gasteiger partial charge in [-0.15, -0.1) is 0 Å². The number of nitrogens with zero attached hydrogens (tertiary/aromatic N) is 1. The highest BCUT2D eigenvalue weighted by molar-refractivity contribution is 6.21. The van der Waals surface area contributed by atoms with Crippen LogP contribution in [-0.4, -0.2) is 36.3 Å². The summed E-state index contributed by atoms with van der Waals surface area (Å²) in [7, 11) is 1.62. The number of fused-ring (bicyclic) bond motifs is 1. The number of ether oxygens (including phenoxy) is 1. The minimum Gasteiger partial charge on any atom is -0.497 e. The predicted octanol–water partition coefficient (Wildman–Crippen LogP) is 3.98. The van der Waals surface area contributed by atoms with Crippen LogP contribution >= 0.6 is 0 Å². The van der Waals surface area contributed by atoms with Crippen molar-refractivity contribution >= 4 is 17.7 Å². The lowest BCUT2D eigenvalue weighted by Gasteiger charge is -2.22. The molecular formula is C24H28N2O4. The van der Waals surface area contributed by atoms with Crippen molar-refractivity contribution in [2.75, 3.05) is 13.7 Å². The number of imide groups is 1. The van der Waals surface area contributed by atoms with Gasteiger partial charge in [0.1, 0.15) is 5.75 Å². The molecule has 1 aliphatic heterocycles. The number of amides is 3. The molecule has 0 saturated heterocycles. The molecule has 6 nitrogen and oxygen atoms in total. The topological polar surface area (TPSA) is 75.7 Å². The van der Waals surface area contributed by atoms with Crippen LogP contribution in [0.4, 0.5) is 0 Å². The highest BCUT2D eigenvalue weighted by Crippen LogP contribution is 2.25. The van der Waals surface area contributed by atoms with Gasteiger partial charge in [0.05, 0.1) is 24.3 Å². The molecule has 2 aromatic rings. The molecule has 0 bridgehead atoms. The Morgan fingerprint density at radius 1 is 1.00 bits per heavy atom. The minimum atomic E-state index is -0.285. The third-order valence-corrected chi connectivity index (χ3v) is 5.22. The largest absolute Gasteiger partial charge is 0.497 e. The normalized spacial score (nSPS) is 14.1. The van der Waals surface area contributed by atoms with E-state index in [0.29, 0.717) is 23.5 Å². The molecule has 3 amide bonds. The number of methoxy groups -OCH3 is 1. The van der Waals surface area contributed by atoms with Gasteiger partial charge in [-0.2, -0.15) is 0 Å². The highest BCUT2D eigenvalue weighted by atomic mass is 16.5. The van der Waals surface area contributed by atoms with E-state index in [4.69, 9.17) is 4.74 Å². The molecule has 158 valence electrons. The molecule has 0 aliphatic carbocycles. The minimum absolute atomic E-state index is 0.0897. The van der Waals surface area contributed by atoms with Crippen molar-refractivity contribution in [2.24, 2.45) is 5.92 Å². The van der Waals surface area contributed by atoms with Crippen LogP contribution in [0.15, 0.2) is 48.5 Å². The molecule has 0 unspecified atom stereocenters. The molecule has 0 spiro atoms. The fourth-order valence-corrected chi connectivity index (χ4v) is 3.69. The van der Waals surface area contributed by atoms with Crippen molar-refractivity contribution < 1.29 is 19.1 Å². The van der Waals surface area contributed by atoms with E-state index in [9.17, 15) is 14.4 Å². The number of carbonyl (C=O) groups excluding carboxylic acids is 3. The Balaban J connectivity index is 1.55. The number of hydrogen-bond donors (Lipinski definition) is 1. The van der Waals surface area contributed by atoms with Gasteiger partial charge in [-0.25, -0.2) is 0 Å². The molecule has 1 aliphatic rings. The van der Waals surface area contributed by atoms with Crippen LogP contribution in [0, 0.1) is 5.92 Å². The molecule has 1 heterocycles. The summed E-state index contributed by atoms with van der Waals surface area (Å²) in [6.45, 7) is 4.47. The quantitative estimate of drug-likeness (QED) is 0.637. The van der Waals surface area contributed by atoms with E-state index in [2.05, 4.69) is 19.2 Å².